The Bertz CT molecular complexity index is 690. The predicted octanol–water partition coefficient (Wildman–Crippen LogP) is 4.17. The number of amides is 1. The van der Waals surface area contributed by atoms with Crippen molar-refractivity contribution >= 4 is 11.6 Å². The van der Waals surface area contributed by atoms with Crippen LogP contribution in [0.25, 0.3) is 0 Å². The summed E-state index contributed by atoms with van der Waals surface area (Å²) in [5.41, 5.74) is 3.14. The molecule has 27 heavy (non-hydrogen) atoms. The van der Waals surface area contributed by atoms with E-state index in [0.29, 0.717) is 12.0 Å². The summed E-state index contributed by atoms with van der Waals surface area (Å²) in [4.78, 5) is 17.1. The fraction of sp³-hybridized carbons (Fsp3) is 0.696. The summed E-state index contributed by atoms with van der Waals surface area (Å²) >= 11 is 0. The van der Waals surface area contributed by atoms with Gasteiger partial charge in [0.2, 0.25) is 5.91 Å². The third-order valence-electron chi connectivity index (χ3n) is 5.90. The second-order valence-electron chi connectivity index (χ2n) is 10.2. The van der Waals surface area contributed by atoms with E-state index in [-0.39, 0.29) is 11.3 Å². The van der Waals surface area contributed by atoms with Gasteiger partial charge in [-0.3, -0.25) is 9.69 Å². The molecule has 0 aliphatic carbocycles. The number of β-amino-alcohol motifs (C(OH)–C–C–N with tert-alkyl or cyclic N) is 1. The van der Waals surface area contributed by atoms with Gasteiger partial charge in [0.1, 0.15) is 0 Å². The number of carbonyl (C=O) groups excluding carboxylic acids is 1. The van der Waals surface area contributed by atoms with E-state index in [9.17, 15) is 9.90 Å². The van der Waals surface area contributed by atoms with Crippen LogP contribution in [0.15, 0.2) is 18.2 Å². The Balaban J connectivity index is 1.74. The smallest absolute Gasteiger partial charge is 0.232 e. The summed E-state index contributed by atoms with van der Waals surface area (Å²) in [6.45, 7) is 14.1. The van der Waals surface area contributed by atoms with Gasteiger partial charge >= 0.3 is 0 Å². The average Bonchev–Trinajstić information content (AvgIpc) is 2.58. The van der Waals surface area contributed by atoms with Gasteiger partial charge in [-0.1, -0.05) is 46.8 Å². The molecule has 4 heteroatoms. The van der Waals surface area contributed by atoms with Crippen molar-refractivity contribution in [3.05, 3.63) is 29.3 Å². The largest absolute Gasteiger partial charge is 0.387 e. The molecule has 3 rings (SSSR count). The first-order chi connectivity index (χ1) is 12.6. The van der Waals surface area contributed by atoms with Gasteiger partial charge in [0.05, 0.1) is 6.10 Å². The van der Waals surface area contributed by atoms with E-state index in [2.05, 4.69) is 24.8 Å². The maximum Gasteiger partial charge on any atom is 0.232 e. The third-order valence-corrected chi connectivity index (χ3v) is 5.90. The Morgan fingerprint density at radius 2 is 1.96 bits per heavy atom. The number of hydrogen-bond donors (Lipinski definition) is 1. The first kappa shape index (κ1) is 20.3. The van der Waals surface area contributed by atoms with Gasteiger partial charge in [-0.05, 0) is 54.8 Å². The van der Waals surface area contributed by atoms with Gasteiger partial charge in [-0.2, -0.15) is 0 Å². The first-order valence-corrected chi connectivity index (χ1v) is 10.4. The molecule has 0 radical (unpaired) electrons. The fourth-order valence-corrected chi connectivity index (χ4v) is 4.49. The molecular formula is C23H36N2O2. The van der Waals surface area contributed by atoms with Crippen LogP contribution in [0.5, 0.6) is 0 Å². The predicted molar refractivity (Wildman–Crippen MR) is 111 cm³/mol. The molecule has 1 aromatic rings. The molecule has 0 spiro atoms. The summed E-state index contributed by atoms with van der Waals surface area (Å²) in [7, 11) is 0. The van der Waals surface area contributed by atoms with Crippen LogP contribution < -0.4 is 4.90 Å². The Hall–Kier alpha value is -1.39. The average molecular weight is 373 g/mol. The number of rotatable bonds is 3. The molecule has 150 valence electrons. The van der Waals surface area contributed by atoms with Gasteiger partial charge in [0.15, 0.2) is 0 Å². The number of piperidine rings is 1. The molecule has 0 saturated carbocycles. The lowest BCUT2D eigenvalue weighted by molar-refractivity contribution is -0.125. The number of aliphatic hydroxyl groups is 1. The number of carbonyl (C=O) groups is 1. The standard InChI is InChI=1S/C23H36N2O2/c1-22(2,3)21(27)25-13-6-8-17-14-18(9-10-19(17)25)20(26)15-24-12-7-11-23(4,5)16-24/h9-10,14,20,26H,6-8,11-13,15-16H2,1-5H3. The van der Waals surface area contributed by atoms with Crippen molar-refractivity contribution in [1.29, 1.82) is 0 Å². The van der Waals surface area contributed by atoms with Crippen molar-refractivity contribution in [2.75, 3.05) is 31.1 Å². The Morgan fingerprint density at radius 3 is 2.63 bits per heavy atom. The number of likely N-dealkylation sites (tertiary alicyclic amines) is 1. The molecular weight excluding hydrogens is 336 g/mol. The highest BCUT2D eigenvalue weighted by Gasteiger charge is 2.32. The summed E-state index contributed by atoms with van der Waals surface area (Å²) in [5.74, 6) is 0.173. The third kappa shape index (κ3) is 4.72. The summed E-state index contributed by atoms with van der Waals surface area (Å²) in [6, 6.07) is 6.17. The maximum absolute atomic E-state index is 12.8. The van der Waals surface area contributed by atoms with Crippen LogP contribution >= 0.6 is 0 Å². The van der Waals surface area contributed by atoms with Crippen molar-refractivity contribution in [2.24, 2.45) is 10.8 Å². The Kier molecular flexibility index (Phi) is 5.69. The summed E-state index contributed by atoms with van der Waals surface area (Å²) in [5, 5.41) is 10.8. The van der Waals surface area contributed by atoms with E-state index in [1.807, 2.05) is 37.8 Å². The van der Waals surface area contributed by atoms with Crippen LogP contribution in [0.2, 0.25) is 0 Å². The molecule has 1 fully saturated rings. The van der Waals surface area contributed by atoms with Crippen molar-refractivity contribution in [3.8, 4) is 0 Å². The molecule has 4 nitrogen and oxygen atoms in total. The molecule has 1 N–H and O–H groups in total. The zero-order valence-corrected chi connectivity index (χ0v) is 17.7. The second kappa shape index (κ2) is 7.56. The van der Waals surface area contributed by atoms with Crippen LogP contribution in [0.4, 0.5) is 5.69 Å². The maximum atomic E-state index is 12.8. The zero-order chi connectivity index (χ0) is 19.8. The second-order valence-corrected chi connectivity index (χ2v) is 10.2. The van der Waals surface area contributed by atoms with Crippen molar-refractivity contribution in [3.63, 3.8) is 0 Å². The first-order valence-electron chi connectivity index (χ1n) is 10.4. The van der Waals surface area contributed by atoms with Gasteiger partial charge < -0.3 is 10.0 Å². The molecule has 1 amide bonds. The van der Waals surface area contributed by atoms with E-state index < -0.39 is 6.10 Å². The topological polar surface area (TPSA) is 43.8 Å². The lowest BCUT2D eigenvalue weighted by Crippen LogP contribution is -2.42. The molecule has 0 bridgehead atoms. The minimum Gasteiger partial charge on any atom is -0.387 e. The molecule has 0 aromatic heterocycles. The van der Waals surface area contributed by atoms with Gasteiger partial charge in [0.25, 0.3) is 0 Å². The lowest BCUT2D eigenvalue weighted by Gasteiger charge is -2.39. The minimum absolute atomic E-state index is 0.173. The van der Waals surface area contributed by atoms with E-state index in [4.69, 9.17) is 0 Å². The zero-order valence-electron chi connectivity index (χ0n) is 17.7. The number of aliphatic hydroxyl groups excluding tert-OH is 1. The highest BCUT2D eigenvalue weighted by atomic mass is 16.3. The fourth-order valence-electron chi connectivity index (χ4n) is 4.49. The molecule has 2 aliphatic rings. The van der Waals surface area contributed by atoms with Crippen LogP contribution in [0.3, 0.4) is 0 Å². The number of benzene rings is 1. The number of hydrogen-bond acceptors (Lipinski definition) is 3. The van der Waals surface area contributed by atoms with E-state index in [1.165, 1.54) is 18.4 Å². The number of anilines is 1. The van der Waals surface area contributed by atoms with Crippen molar-refractivity contribution in [2.45, 2.75) is 66.4 Å². The minimum atomic E-state index is -0.474. The molecule has 1 aromatic carbocycles. The molecule has 1 unspecified atom stereocenters. The highest BCUT2D eigenvalue weighted by molar-refractivity contribution is 5.98. The van der Waals surface area contributed by atoms with Crippen molar-refractivity contribution in [1.82, 2.24) is 4.90 Å². The quantitative estimate of drug-likeness (QED) is 0.866. The Morgan fingerprint density at radius 1 is 1.22 bits per heavy atom. The van der Waals surface area contributed by atoms with E-state index in [0.717, 1.165) is 43.7 Å². The van der Waals surface area contributed by atoms with Gasteiger partial charge in [-0.15, -0.1) is 0 Å². The van der Waals surface area contributed by atoms with Gasteiger partial charge in [-0.25, -0.2) is 0 Å². The number of nitrogens with zero attached hydrogens (tertiary/aromatic N) is 2. The molecule has 1 saturated heterocycles. The summed E-state index contributed by atoms with van der Waals surface area (Å²) in [6.07, 6.45) is 3.94. The van der Waals surface area contributed by atoms with E-state index in [1.54, 1.807) is 0 Å². The summed E-state index contributed by atoms with van der Waals surface area (Å²) < 4.78 is 0. The van der Waals surface area contributed by atoms with E-state index >= 15 is 0 Å². The highest BCUT2D eigenvalue weighted by Crippen LogP contribution is 2.34. The lowest BCUT2D eigenvalue weighted by atomic mass is 9.84. The monoisotopic (exact) mass is 372 g/mol. The Labute approximate surface area is 164 Å². The van der Waals surface area contributed by atoms with Gasteiger partial charge in [0, 0.05) is 30.7 Å². The SMILES string of the molecule is CC1(C)CCCN(CC(O)c2ccc3c(c2)CCCN3C(=O)C(C)(C)C)C1. The van der Waals surface area contributed by atoms with Crippen LogP contribution in [0, 0.1) is 10.8 Å². The van der Waals surface area contributed by atoms with Crippen molar-refractivity contribution < 1.29 is 9.90 Å². The molecule has 2 heterocycles. The number of fused-ring (bicyclic) bond motifs is 1. The molecule has 1 atom stereocenters. The molecule has 2 aliphatic heterocycles. The van der Waals surface area contributed by atoms with Crippen LogP contribution in [-0.4, -0.2) is 42.1 Å². The normalized spacial score (nSPS) is 21.6. The van der Waals surface area contributed by atoms with Crippen LogP contribution in [-0.2, 0) is 11.2 Å². The number of aryl methyl sites for hydroxylation is 1. The van der Waals surface area contributed by atoms with Crippen LogP contribution in [0.1, 0.15) is 71.1 Å².